The molecule has 206 valence electrons. The van der Waals surface area contributed by atoms with Gasteiger partial charge in [-0.25, -0.2) is 4.98 Å². The SMILES string of the molecule is C/C(=C\C(=O)c1ncn2c1COc1c(CCN3CCC(c4cccc5nc(C)ccc45)CC3)cccc1-2)N(C)C. The summed E-state index contributed by atoms with van der Waals surface area (Å²) in [5.74, 6) is 1.38. The highest BCUT2D eigenvalue weighted by atomic mass is 16.5. The van der Waals surface area contributed by atoms with Gasteiger partial charge in [0.2, 0.25) is 5.78 Å². The molecule has 0 atom stereocenters. The first kappa shape index (κ1) is 26.3. The smallest absolute Gasteiger partial charge is 0.207 e. The number of rotatable bonds is 7. The molecule has 4 heterocycles. The van der Waals surface area contributed by atoms with Crippen molar-refractivity contribution < 1.29 is 9.53 Å². The molecule has 0 saturated carbocycles. The van der Waals surface area contributed by atoms with Crippen molar-refractivity contribution in [3.63, 3.8) is 0 Å². The second kappa shape index (κ2) is 10.9. The molecule has 0 aliphatic carbocycles. The predicted molar refractivity (Wildman–Crippen MR) is 158 cm³/mol. The molecular weight excluding hydrogens is 498 g/mol. The molecule has 40 heavy (non-hydrogen) atoms. The minimum Gasteiger partial charge on any atom is -0.485 e. The lowest BCUT2D eigenvalue weighted by Gasteiger charge is -2.33. The van der Waals surface area contributed by atoms with Crippen molar-refractivity contribution in [3.05, 3.63) is 94.8 Å². The standard InChI is InChI=1S/C33H37N5O2/c1-22-11-12-27-26(8-6-9-28(27)35-22)24-13-16-37(17-14-24)18-15-25-7-5-10-29-33(25)40-20-30-32(34-21-38(29)30)31(39)19-23(2)36(3)4/h5-12,19,21,24H,13-18,20H2,1-4H3/b23-19+. The molecular formula is C33H37N5O2. The number of piperidine rings is 1. The number of hydrogen-bond donors (Lipinski definition) is 0. The highest BCUT2D eigenvalue weighted by Gasteiger charge is 2.27. The molecule has 4 aromatic rings. The van der Waals surface area contributed by atoms with E-state index in [9.17, 15) is 4.79 Å². The Labute approximate surface area is 236 Å². The van der Waals surface area contributed by atoms with Crippen molar-refractivity contribution in [1.82, 2.24) is 24.3 Å². The van der Waals surface area contributed by atoms with E-state index in [4.69, 9.17) is 9.72 Å². The molecule has 2 aromatic heterocycles. The second-order valence-electron chi connectivity index (χ2n) is 11.2. The van der Waals surface area contributed by atoms with Gasteiger partial charge in [0.1, 0.15) is 24.4 Å². The van der Waals surface area contributed by atoms with E-state index in [0.29, 0.717) is 18.2 Å². The van der Waals surface area contributed by atoms with E-state index in [0.717, 1.165) is 72.9 Å². The van der Waals surface area contributed by atoms with Gasteiger partial charge in [-0.3, -0.25) is 14.3 Å². The molecule has 0 spiro atoms. The van der Waals surface area contributed by atoms with Crippen molar-refractivity contribution >= 4 is 16.7 Å². The number of ketones is 1. The zero-order valence-electron chi connectivity index (χ0n) is 23.9. The summed E-state index contributed by atoms with van der Waals surface area (Å²) in [5, 5.41) is 1.30. The van der Waals surface area contributed by atoms with Gasteiger partial charge in [0.15, 0.2) is 0 Å². The van der Waals surface area contributed by atoms with Gasteiger partial charge in [0.05, 0.1) is 16.9 Å². The highest BCUT2D eigenvalue weighted by Crippen LogP contribution is 2.36. The number of para-hydroxylation sites is 1. The van der Waals surface area contributed by atoms with Gasteiger partial charge in [0, 0.05) is 43.5 Å². The van der Waals surface area contributed by atoms with Crippen LogP contribution in [0.2, 0.25) is 0 Å². The Kier molecular flexibility index (Phi) is 7.15. The van der Waals surface area contributed by atoms with Gasteiger partial charge in [-0.15, -0.1) is 0 Å². The minimum absolute atomic E-state index is 0.0959. The van der Waals surface area contributed by atoms with Crippen LogP contribution in [0.5, 0.6) is 5.75 Å². The van der Waals surface area contributed by atoms with Crippen LogP contribution in [-0.4, -0.2) is 63.8 Å². The molecule has 2 aliphatic heterocycles. The number of benzene rings is 2. The van der Waals surface area contributed by atoms with Gasteiger partial charge in [-0.1, -0.05) is 30.3 Å². The summed E-state index contributed by atoms with van der Waals surface area (Å²) in [6, 6.07) is 17.2. The van der Waals surface area contributed by atoms with Crippen LogP contribution in [0.3, 0.4) is 0 Å². The molecule has 6 rings (SSSR count). The molecule has 0 unspecified atom stereocenters. The van der Waals surface area contributed by atoms with E-state index >= 15 is 0 Å². The number of fused-ring (bicyclic) bond motifs is 4. The first-order valence-electron chi connectivity index (χ1n) is 14.2. The summed E-state index contributed by atoms with van der Waals surface area (Å²) < 4.78 is 8.29. The zero-order valence-corrected chi connectivity index (χ0v) is 23.9. The number of pyridine rings is 1. The monoisotopic (exact) mass is 535 g/mol. The van der Waals surface area contributed by atoms with Crippen LogP contribution in [-0.2, 0) is 13.0 Å². The van der Waals surface area contributed by atoms with Crippen molar-refractivity contribution in [2.24, 2.45) is 0 Å². The molecule has 2 aromatic carbocycles. The Hall–Kier alpha value is -3.97. The number of imidazole rings is 1. The Balaban J connectivity index is 1.12. The van der Waals surface area contributed by atoms with E-state index in [1.807, 2.05) is 36.6 Å². The molecule has 7 nitrogen and oxygen atoms in total. The third-order valence-corrected chi connectivity index (χ3v) is 8.46. The number of hydrogen-bond acceptors (Lipinski definition) is 6. The van der Waals surface area contributed by atoms with Gasteiger partial charge in [-0.2, -0.15) is 0 Å². The van der Waals surface area contributed by atoms with Gasteiger partial charge < -0.3 is 14.5 Å². The first-order valence-corrected chi connectivity index (χ1v) is 14.2. The fourth-order valence-electron chi connectivity index (χ4n) is 5.96. The first-order chi connectivity index (χ1) is 19.4. The molecule has 1 saturated heterocycles. The number of carbonyl (C=O) groups excluding carboxylic acids is 1. The summed E-state index contributed by atoms with van der Waals surface area (Å²) >= 11 is 0. The molecule has 0 radical (unpaired) electrons. The molecule has 0 N–H and O–H groups in total. The average Bonchev–Trinajstić information content (AvgIpc) is 3.41. The van der Waals surface area contributed by atoms with E-state index in [1.165, 1.54) is 16.5 Å². The molecule has 7 heteroatoms. The maximum Gasteiger partial charge on any atom is 0.207 e. The fourth-order valence-corrected chi connectivity index (χ4v) is 5.96. The van der Waals surface area contributed by atoms with Gasteiger partial charge >= 0.3 is 0 Å². The fraction of sp³-hybridized carbons (Fsp3) is 0.364. The largest absolute Gasteiger partial charge is 0.485 e. The van der Waals surface area contributed by atoms with Crippen LogP contribution in [0.1, 0.15) is 58.7 Å². The van der Waals surface area contributed by atoms with Gasteiger partial charge in [0.25, 0.3) is 0 Å². The number of allylic oxidation sites excluding steroid dienone is 2. The van der Waals surface area contributed by atoms with Gasteiger partial charge in [-0.05, 0) is 81.4 Å². The van der Waals surface area contributed by atoms with E-state index in [2.05, 4.69) is 59.3 Å². The van der Waals surface area contributed by atoms with Crippen LogP contribution in [0.25, 0.3) is 16.6 Å². The minimum atomic E-state index is -0.0959. The summed E-state index contributed by atoms with van der Waals surface area (Å²) in [6.07, 6.45) is 6.63. The topological polar surface area (TPSA) is 63.5 Å². The number of likely N-dealkylation sites (tertiary alicyclic amines) is 1. The van der Waals surface area contributed by atoms with Crippen molar-refractivity contribution in [1.29, 1.82) is 0 Å². The summed E-state index contributed by atoms with van der Waals surface area (Å²) in [7, 11) is 3.85. The van der Waals surface area contributed by atoms with E-state index in [-0.39, 0.29) is 5.78 Å². The summed E-state index contributed by atoms with van der Waals surface area (Å²) in [4.78, 5) is 26.6. The van der Waals surface area contributed by atoms with Crippen LogP contribution >= 0.6 is 0 Å². The quantitative estimate of drug-likeness (QED) is 0.224. The number of ether oxygens (including phenoxy) is 1. The Morgan fingerprint density at radius 1 is 1.10 bits per heavy atom. The van der Waals surface area contributed by atoms with Crippen molar-refractivity contribution in [3.8, 4) is 11.4 Å². The Bertz CT molecular complexity index is 1590. The summed E-state index contributed by atoms with van der Waals surface area (Å²) in [5.41, 5.74) is 7.91. The molecule has 2 aliphatic rings. The second-order valence-corrected chi connectivity index (χ2v) is 11.2. The Morgan fingerprint density at radius 2 is 1.90 bits per heavy atom. The van der Waals surface area contributed by atoms with Crippen molar-refractivity contribution in [2.45, 2.75) is 45.6 Å². The van der Waals surface area contributed by atoms with Crippen LogP contribution in [0.15, 0.2) is 66.6 Å². The van der Waals surface area contributed by atoms with Crippen LogP contribution < -0.4 is 4.74 Å². The van der Waals surface area contributed by atoms with E-state index < -0.39 is 0 Å². The third kappa shape index (κ3) is 5.02. The maximum atomic E-state index is 12.9. The number of aromatic nitrogens is 3. The average molecular weight is 536 g/mol. The zero-order chi connectivity index (χ0) is 27.8. The normalized spacial score (nSPS) is 15.9. The van der Waals surface area contributed by atoms with Crippen LogP contribution in [0, 0.1) is 6.92 Å². The van der Waals surface area contributed by atoms with E-state index in [1.54, 1.807) is 12.4 Å². The Morgan fingerprint density at radius 3 is 2.70 bits per heavy atom. The number of carbonyl (C=O) groups is 1. The highest BCUT2D eigenvalue weighted by molar-refractivity contribution is 6.04. The summed E-state index contributed by atoms with van der Waals surface area (Å²) in [6.45, 7) is 7.49. The van der Waals surface area contributed by atoms with Crippen molar-refractivity contribution in [2.75, 3.05) is 33.7 Å². The lowest BCUT2D eigenvalue weighted by molar-refractivity contribution is 0.103. The predicted octanol–water partition coefficient (Wildman–Crippen LogP) is 5.69. The third-order valence-electron chi connectivity index (χ3n) is 8.46. The molecule has 0 amide bonds. The van der Waals surface area contributed by atoms with Crippen LogP contribution in [0.4, 0.5) is 0 Å². The molecule has 0 bridgehead atoms. The lowest BCUT2D eigenvalue weighted by Crippen LogP contribution is -2.34. The number of nitrogens with zero attached hydrogens (tertiary/aromatic N) is 5. The molecule has 1 fully saturated rings. The lowest BCUT2D eigenvalue weighted by atomic mass is 9.87. The number of aryl methyl sites for hydroxylation is 1. The maximum absolute atomic E-state index is 12.9.